The van der Waals surface area contributed by atoms with Crippen molar-refractivity contribution >= 4 is 11.9 Å². The van der Waals surface area contributed by atoms with Crippen LogP contribution in [0.1, 0.15) is 32.1 Å². The summed E-state index contributed by atoms with van der Waals surface area (Å²) in [7, 11) is 0. The number of esters is 2. The molecule has 0 aliphatic heterocycles. The lowest BCUT2D eigenvalue weighted by molar-refractivity contribution is -0.134. The van der Waals surface area contributed by atoms with Crippen LogP contribution in [0.3, 0.4) is 0 Å². The molecule has 0 spiro atoms. The Bertz CT molecular complexity index is 786. The molecule has 2 rings (SSSR count). The van der Waals surface area contributed by atoms with Crippen molar-refractivity contribution in [1.82, 2.24) is 0 Å². The van der Waals surface area contributed by atoms with Gasteiger partial charge in [0.05, 0.1) is 0 Å². The van der Waals surface area contributed by atoms with Crippen LogP contribution < -0.4 is 9.47 Å². The highest BCUT2D eigenvalue weighted by molar-refractivity contribution is 5.74. The van der Waals surface area contributed by atoms with E-state index in [1.165, 1.54) is 0 Å². The van der Waals surface area contributed by atoms with E-state index < -0.39 is 46.4 Å². The number of hydrogen-bond donors (Lipinski definition) is 6. The fourth-order valence-corrected chi connectivity index (χ4v) is 2.36. The minimum atomic E-state index is -0.714. The van der Waals surface area contributed by atoms with Crippen molar-refractivity contribution < 1.29 is 49.7 Å². The largest absolute Gasteiger partial charge is 0.504 e. The molecule has 6 N–H and O–H groups in total. The van der Waals surface area contributed by atoms with Crippen molar-refractivity contribution in [1.29, 1.82) is 0 Å². The van der Waals surface area contributed by atoms with E-state index in [0.29, 0.717) is 19.3 Å². The number of phenols is 6. The summed E-state index contributed by atoms with van der Waals surface area (Å²) in [6.45, 7) is 0. The Kier molecular flexibility index (Phi) is 6.96. The highest BCUT2D eigenvalue weighted by Crippen LogP contribution is 2.39. The van der Waals surface area contributed by atoms with E-state index in [4.69, 9.17) is 9.47 Å². The topological polar surface area (TPSA) is 174 Å². The van der Waals surface area contributed by atoms with Crippen molar-refractivity contribution in [2.24, 2.45) is 0 Å². The lowest BCUT2D eigenvalue weighted by atomic mass is 10.1. The quantitative estimate of drug-likeness (QED) is 0.165. The molecule has 0 aliphatic carbocycles. The molecule has 10 nitrogen and oxygen atoms in total. The average molecular weight is 408 g/mol. The molecule has 0 amide bonds. The molecule has 0 aliphatic rings. The second-order valence-corrected chi connectivity index (χ2v) is 6.13. The number of rotatable bonds is 8. The smallest absolute Gasteiger partial charge is 0.311 e. The van der Waals surface area contributed by atoms with Gasteiger partial charge >= 0.3 is 11.9 Å². The molecule has 0 bridgehead atoms. The van der Waals surface area contributed by atoms with Crippen LogP contribution in [0, 0.1) is 0 Å². The first-order chi connectivity index (χ1) is 13.7. The van der Waals surface area contributed by atoms with E-state index in [1.54, 1.807) is 0 Å². The minimum Gasteiger partial charge on any atom is -0.504 e. The Morgan fingerprint density at radius 2 is 0.897 bits per heavy atom. The molecule has 156 valence electrons. The number of unbranched alkanes of at least 4 members (excludes halogenated alkanes) is 2. The van der Waals surface area contributed by atoms with Crippen LogP contribution in [0.15, 0.2) is 24.3 Å². The third kappa shape index (κ3) is 6.09. The maximum Gasteiger partial charge on any atom is 0.311 e. The van der Waals surface area contributed by atoms with Gasteiger partial charge in [0.15, 0.2) is 23.0 Å². The Labute approximate surface area is 164 Å². The van der Waals surface area contributed by atoms with Crippen LogP contribution >= 0.6 is 0 Å². The van der Waals surface area contributed by atoms with E-state index in [9.17, 15) is 40.2 Å². The second kappa shape index (κ2) is 9.40. The zero-order valence-electron chi connectivity index (χ0n) is 15.2. The van der Waals surface area contributed by atoms with Gasteiger partial charge in [-0.15, -0.1) is 0 Å². The third-order valence-electron chi connectivity index (χ3n) is 3.81. The summed E-state index contributed by atoms with van der Waals surface area (Å²) < 4.78 is 9.88. The zero-order chi connectivity index (χ0) is 21.6. The van der Waals surface area contributed by atoms with Gasteiger partial charge < -0.3 is 40.1 Å². The van der Waals surface area contributed by atoms with E-state index in [0.717, 1.165) is 24.3 Å². The molecule has 29 heavy (non-hydrogen) atoms. The number of benzene rings is 2. The summed E-state index contributed by atoms with van der Waals surface area (Å²) in [4.78, 5) is 23.5. The normalized spacial score (nSPS) is 10.5. The molecule has 0 fully saturated rings. The number of carbonyl (C=O) groups excluding carboxylic acids is 2. The first-order valence-electron chi connectivity index (χ1n) is 8.58. The monoisotopic (exact) mass is 408 g/mol. The summed E-state index contributed by atoms with van der Waals surface area (Å²) in [5.74, 6) is -5.40. The van der Waals surface area contributed by atoms with Crippen LogP contribution in [0.5, 0.6) is 46.0 Å². The number of ether oxygens (including phenoxy) is 2. The van der Waals surface area contributed by atoms with Crippen LogP contribution in [0.2, 0.25) is 0 Å². The van der Waals surface area contributed by atoms with E-state index in [1.807, 2.05) is 0 Å². The maximum atomic E-state index is 11.7. The first-order valence-corrected chi connectivity index (χ1v) is 8.58. The van der Waals surface area contributed by atoms with Gasteiger partial charge in [-0.1, -0.05) is 6.42 Å². The molecule has 0 saturated carbocycles. The van der Waals surface area contributed by atoms with Crippen molar-refractivity contribution in [3.63, 3.8) is 0 Å². The van der Waals surface area contributed by atoms with Gasteiger partial charge in [-0.2, -0.15) is 0 Å². The predicted molar refractivity (Wildman–Crippen MR) is 97.2 cm³/mol. The number of aromatic hydroxyl groups is 6. The first kappa shape index (κ1) is 21.5. The van der Waals surface area contributed by atoms with Gasteiger partial charge in [-0.3, -0.25) is 9.59 Å². The zero-order valence-corrected chi connectivity index (χ0v) is 15.2. The van der Waals surface area contributed by atoms with Crippen molar-refractivity contribution in [3.05, 3.63) is 24.3 Å². The predicted octanol–water partition coefficient (Wildman–Crippen LogP) is 2.38. The fourth-order valence-electron chi connectivity index (χ4n) is 2.36. The highest BCUT2D eigenvalue weighted by atomic mass is 16.5. The van der Waals surface area contributed by atoms with Gasteiger partial charge in [0.2, 0.25) is 11.5 Å². The van der Waals surface area contributed by atoms with Crippen LogP contribution in [-0.2, 0) is 9.59 Å². The number of carbonyl (C=O) groups is 2. The van der Waals surface area contributed by atoms with E-state index >= 15 is 0 Å². The van der Waals surface area contributed by atoms with Crippen molar-refractivity contribution in [2.45, 2.75) is 32.1 Å². The molecule has 2 aromatic carbocycles. The molecule has 0 aromatic heterocycles. The molecule has 0 saturated heterocycles. The molecule has 0 radical (unpaired) electrons. The second-order valence-electron chi connectivity index (χ2n) is 6.13. The summed E-state index contributed by atoms with van der Waals surface area (Å²) >= 11 is 0. The molecular formula is C19H20O10. The fraction of sp³-hybridized carbons (Fsp3) is 0.263. The Morgan fingerprint density at radius 3 is 1.21 bits per heavy atom. The minimum absolute atomic E-state index is 0.0250. The molecule has 10 heteroatoms. The van der Waals surface area contributed by atoms with Crippen molar-refractivity contribution in [3.8, 4) is 46.0 Å². The molecular weight excluding hydrogens is 388 g/mol. The van der Waals surface area contributed by atoms with Crippen molar-refractivity contribution in [2.75, 3.05) is 0 Å². The summed E-state index contributed by atoms with van der Waals surface area (Å²) in [6.07, 6.45) is 1.36. The highest BCUT2D eigenvalue weighted by Gasteiger charge is 2.13. The van der Waals surface area contributed by atoms with Gasteiger partial charge in [0, 0.05) is 37.1 Å². The third-order valence-corrected chi connectivity index (χ3v) is 3.81. The van der Waals surface area contributed by atoms with Gasteiger partial charge in [-0.25, -0.2) is 0 Å². The lowest BCUT2D eigenvalue weighted by Crippen LogP contribution is -2.09. The standard InChI is InChI=1S/C19H20O10/c20-12-6-10(7-13(21)18(12)26)28-16(24)4-2-1-3-5-17(25)29-11-8-14(22)19(27)15(23)9-11/h6-9,20-23,26-27H,1-5H2. The van der Waals surface area contributed by atoms with E-state index in [2.05, 4.69) is 0 Å². The average Bonchev–Trinajstić information content (AvgIpc) is 2.63. The Balaban J connectivity index is 1.69. The van der Waals surface area contributed by atoms with Gasteiger partial charge in [0.25, 0.3) is 0 Å². The Hall–Kier alpha value is -3.82. The molecule has 0 atom stereocenters. The van der Waals surface area contributed by atoms with E-state index in [-0.39, 0.29) is 24.3 Å². The lowest BCUT2D eigenvalue weighted by Gasteiger charge is -2.08. The summed E-state index contributed by atoms with van der Waals surface area (Å²) in [5, 5.41) is 55.9. The van der Waals surface area contributed by atoms with Gasteiger partial charge in [0.1, 0.15) is 11.5 Å². The van der Waals surface area contributed by atoms with Crippen LogP contribution in [-0.4, -0.2) is 42.6 Å². The Morgan fingerprint density at radius 1 is 0.586 bits per heavy atom. The molecule has 0 unspecified atom stereocenters. The summed E-state index contributed by atoms with van der Waals surface area (Å²) in [5.41, 5.74) is 0. The number of hydrogen-bond acceptors (Lipinski definition) is 10. The molecule has 2 aromatic rings. The van der Waals surface area contributed by atoms with Crippen LogP contribution in [0.25, 0.3) is 0 Å². The maximum absolute atomic E-state index is 11.7. The SMILES string of the molecule is O=C(CCCCCC(=O)Oc1cc(O)c(O)c(O)c1)Oc1cc(O)c(O)c(O)c1. The van der Waals surface area contributed by atoms with Crippen LogP contribution in [0.4, 0.5) is 0 Å². The van der Waals surface area contributed by atoms with Gasteiger partial charge in [-0.05, 0) is 12.8 Å². The molecule has 0 heterocycles. The number of phenolic OH excluding ortho intramolecular Hbond substituents is 6. The summed E-state index contributed by atoms with van der Waals surface area (Å²) in [6, 6.07) is 3.95.